The zero-order valence-electron chi connectivity index (χ0n) is 12.7. The van der Waals surface area contributed by atoms with Gasteiger partial charge in [-0.05, 0) is 37.1 Å². The molecule has 0 bridgehead atoms. The van der Waals surface area contributed by atoms with E-state index in [1.54, 1.807) is 16.7 Å². The first-order chi connectivity index (χ1) is 10.6. The van der Waals surface area contributed by atoms with E-state index in [9.17, 15) is 9.59 Å². The van der Waals surface area contributed by atoms with Crippen molar-refractivity contribution >= 4 is 40.9 Å². The molecule has 1 aliphatic rings. The van der Waals surface area contributed by atoms with Gasteiger partial charge in [0.15, 0.2) is 0 Å². The lowest BCUT2D eigenvalue weighted by atomic mass is 10.1. The van der Waals surface area contributed by atoms with Crippen LogP contribution >= 0.6 is 23.4 Å². The SMILES string of the molecule is CC(=O)NCCCS[C@H]1CCCN(c2ccccc2Cl)C1=O. The van der Waals surface area contributed by atoms with Crippen molar-refractivity contribution in [1.29, 1.82) is 0 Å². The normalized spacial score (nSPS) is 18.4. The standard InChI is InChI=1S/C16H21ClN2O2S/c1-12(20)18-9-5-11-22-15-8-4-10-19(16(15)21)14-7-3-2-6-13(14)17/h2-3,6-7,15H,4-5,8-11H2,1H3,(H,18,20)/t15-/m0/s1. The Balaban J connectivity index is 1.88. The molecule has 1 heterocycles. The van der Waals surface area contributed by atoms with Crippen molar-refractivity contribution < 1.29 is 9.59 Å². The van der Waals surface area contributed by atoms with Crippen molar-refractivity contribution in [1.82, 2.24) is 5.32 Å². The van der Waals surface area contributed by atoms with E-state index in [1.165, 1.54) is 6.92 Å². The first-order valence-electron chi connectivity index (χ1n) is 7.51. The highest BCUT2D eigenvalue weighted by atomic mass is 35.5. The molecule has 1 fully saturated rings. The lowest BCUT2D eigenvalue weighted by Gasteiger charge is -2.32. The number of hydrogen-bond donors (Lipinski definition) is 1. The van der Waals surface area contributed by atoms with E-state index >= 15 is 0 Å². The summed E-state index contributed by atoms with van der Waals surface area (Å²) in [5.41, 5.74) is 0.803. The van der Waals surface area contributed by atoms with Crippen LogP contribution in [0.1, 0.15) is 26.2 Å². The molecule has 1 atom stereocenters. The third-order valence-corrected chi connectivity index (χ3v) is 5.23. The average Bonchev–Trinajstić information content (AvgIpc) is 2.49. The molecule has 22 heavy (non-hydrogen) atoms. The molecule has 1 aromatic carbocycles. The summed E-state index contributed by atoms with van der Waals surface area (Å²) in [6, 6.07) is 7.48. The Morgan fingerprint density at radius 2 is 2.23 bits per heavy atom. The number of amides is 2. The van der Waals surface area contributed by atoms with Crippen molar-refractivity contribution in [3.8, 4) is 0 Å². The van der Waals surface area contributed by atoms with Gasteiger partial charge in [-0.3, -0.25) is 9.59 Å². The van der Waals surface area contributed by atoms with Gasteiger partial charge >= 0.3 is 0 Å². The highest BCUT2D eigenvalue weighted by Gasteiger charge is 2.30. The fourth-order valence-electron chi connectivity index (χ4n) is 2.47. The molecule has 1 N–H and O–H groups in total. The molecule has 0 saturated carbocycles. The number of anilines is 1. The van der Waals surface area contributed by atoms with Gasteiger partial charge in [-0.1, -0.05) is 23.7 Å². The van der Waals surface area contributed by atoms with Crippen molar-refractivity contribution in [2.45, 2.75) is 31.4 Å². The topological polar surface area (TPSA) is 49.4 Å². The van der Waals surface area contributed by atoms with Crippen LogP contribution in [0.2, 0.25) is 5.02 Å². The molecule has 0 radical (unpaired) electrons. The summed E-state index contributed by atoms with van der Waals surface area (Å²) in [7, 11) is 0. The molecule has 6 heteroatoms. The molecule has 2 rings (SSSR count). The van der Waals surface area contributed by atoms with Crippen LogP contribution in [0.3, 0.4) is 0 Å². The monoisotopic (exact) mass is 340 g/mol. The van der Waals surface area contributed by atoms with E-state index in [-0.39, 0.29) is 17.1 Å². The average molecular weight is 341 g/mol. The summed E-state index contributed by atoms with van der Waals surface area (Å²) >= 11 is 7.88. The maximum atomic E-state index is 12.6. The predicted octanol–water partition coefficient (Wildman–Crippen LogP) is 3.09. The zero-order chi connectivity index (χ0) is 15.9. The molecule has 0 aliphatic carbocycles. The fraction of sp³-hybridized carbons (Fsp3) is 0.500. The number of halogens is 1. The summed E-state index contributed by atoms with van der Waals surface area (Å²) in [5.74, 6) is 1.00. The Morgan fingerprint density at radius 3 is 2.95 bits per heavy atom. The predicted molar refractivity (Wildman–Crippen MR) is 92.6 cm³/mol. The van der Waals surface area contributed by atoms with Crippen molar-refractivity contribution in [2.75, 3.05) is 23.7 Å². The highest BCUT2D eigenvalue weighted by molar-refractivity contribution is 8.00. The molecule has 1 saturated heterocycles. The van der Waals surface area contributed by atoms with E-state index in [4.69, 9.17) is 11.6 Å². The molecule has 120 valence electrons. The molecule has 0 aromatic heterocycles. The van der Waals surface area contributed by atoms with E-state index in [2.05, 4.69) is 5.32 Å². The van der Waals surface area contributed by atoms with Gasteiger partial charge in [0, 0.05) is 20.0 Å². The first kappa shape index (κ1) is 17.2. The van der Waals surface area contributed by atoms with Crippen molar-refractivity contribution in [3.63, 3.8) is 0 Å². The number of piperidine rings is 1. The van der Waals surface area contributed by atoms with E-state index in [1.807, 2.05) is 24.3 Å². The Bertz CT molecular complexity index is 539. The number of rotatable bonds is 6. The van der Waals surface area contributed by atoms with Gasteiger partial charge in [-0.25, -0.2) is 0 Å². The summed E-state index contributed by atoms with van der Waals surface area (Å²) in [6.07, 6.45) is 2.77. The summed E-state index contributed by atoms with van der Waals surface area (Å²) in [6.45, 7) is 2.91. The van der Waals surface area contributed by atoms with Crippen LogP contribution in [-0.2, 0) is 9.59 Å². The Hall–Kier alpha value is -1.20. The van der Waals surface area contributed by atoms with Crippen LogP contribution in [-0.4, -0.2) is 35.9 Å². The first-order valence-corrected chi connectivity index (χ1v) is 8.94. The van der Waals surface area contributed by atoms with Gasteiger partial charge in [0.05, 0.1) is 16.0 Å². The van der Waals surface area contributed by atoms with Crippen molar-refractivity contribution in [2.24, 2.45) is 0 Å². The number of nitrogens with zero attached hydrogens (tertiary/aromatic N) is 1. The van der Waals surface area contributed by atoms with E-state index in [0.717, 1.165) is 37.2 Å². The third-order valence-electron chi connectivity index (χ3n) is 3.55. The second-order valence-electron chi connectivity index (χ2n) is 5.28. The van der Waals surface area contributed by atoms with Gasteiger partial charge in [-0.15, -0.1) is 11.8 Å². The van der Waals surface area contributed by atoms with Crippen molar-refractivity contribution in [3.05, 3.63) is 29.3 Å². The van der Waals surface area contributed by atoms with Gasteiger partial charge in [0.25, 0.3) is 0 Å². The summed E-state index contributed by atoms with van der Waals surface area (Å²) in [4.78, 5) is 25.2. The molecular weight excluding hydrogens is 320 g/mol. The number of benzene rings is 1. The van der Waals surface area contributed by atoms with Crippen LogP contribution in [0.15, 0.2) is 24.3 Å². The summed E-state index contributed by atoms with van der Waals surface area (Å²) < 4.78 is 0. The maximum absolute atomic E-state index is 12.6. The van der Waals surface area contributed by atoms with Crippen LogP contribution in [0, 0.1) is 0 Å². The van der Waals surface area contributed by atoms with Gasteiger partial charge in [-0.2, -0.15) is 0 Å². The number of hydrogen-bond acceptors (Lipinski definition) is 3. The smallest absolute Gasteiger partial charge is 0.240 e. The highest BCUT2D eigenvalue weighted by Crippen LogP contribution is 2.32. The molecular formula is C16H21ClN2O2S. The molecule has 4 nitrogen and oxygen atoms in total. The lowest BCUT2D eigenvalue weighted by molar-refractivity contribution is -0.119. The largest absolute Gasteiger partial charge is 0.356 e. The van der Waals surface area contributed by atoms with Crippen LogP contribution in [0.25, 0.3) is 0 Å². The lowest BCUT2D eigenvalue weighted by Crippen LogP contribution is -2.43. The Kier molecular flexibility index (Phi) is 6.58. The number of para-hydroxylation sites is 1. The molecule has 1 aliphatic heterocycles. The second-order valence-corrected chi connectivity index (χ2v) is 7.00. The fourth-order valence-corrected chi connectivity index (χ4v) is 3.91. The van der Waals surface area contributed by atoms with E-state index in [0.29, 0.717) is 11.6 Å². The second kappa shape index (κ2) is 8.44. The molecule has 0 unspecified atom stereocenters. The number of nitrogens with one attached hydrogen (secondary N) is 1. The third kappa shape index (κ3) is 4.65. The van der Waals surface area contributed by atoms with Crippen LogP contribution in [0.4, 0.5) is 5.69 Å². The number of carbonyl (C=O) groups is 2. The van der Waals surface area contributed by atoms with Gasteiger partial charge in [0.2, 0.25) is 11.8 Å². The zero-order valence-corrected chi connectivity index (χ0v) is 14.3. The van der Waals surface area contributed by atoms with Gasteiger partial charge < -0.3 is 10.2 Å². The van der Waals surface area contributed by atoms with E-state index < -0.39 is 0 Å². The Labute approximate surface area is 140 Å². The number of thioether (sulfide) groups is 1. The quantitative estimate of drug-likeness (QED) is 0.809. The minimum Gasteiger partial charge on any atom is -0.356 e. The summed E-state index contributed by atoms with van der Waals surface area (Å²) in [5, 5.41) is 3.38. The molecule has 2 amide bonds. The van der Waals surface area contributed by atoms with Gasteiger partial charge in [0.1, 0.15) is 0 Å². The Morgan fingerprint density at radius 1 is 1.45 bits per heavy atom. The maximum Gasteiger partial charge on any atom is 0.240 e. The number of carbonyl (C=O) groups excluding carboxylic acids is 2. The minimum atomic E-state index is -0.0117. The molecule has 0 spiro atoms. The minimum absolute atomic E-state index is 0.0105. The molecule has 1 aromatic rings. The van der Waals surface area contributed by atoms with Crippen LogP contribution in [0.5, 0.6) is 0 Å². The van der Waals surface area contributed by atoms with Crippen LogP contribution < -0.4 is 10.2 Å².